The summed E-state index contributed by atoms with van der Waals surface area (Å²) in [5.41, 5.74) is 6.49. The van der Waals surface area contributed by atoms with Crippen molar-refractivity contribution in [2.24, 2.45) is 11.8 Å². The van der Waals surface area contributed by atoms with E-state index in [9.17, 15) is 0 Å². The maximum atomic E-state index is 6.35. The molecule has 0 unspecified atom stereocenters. The molecule has 0 atom stereocenters. The lowest BCUT2D eigenvalue weighted by atomic mass is 9.79. The van der Waals surface area contributed by atoms with Crippen molar-refractivity contribution in [3.8, 4) is 0 Å². The van der Waals surface area contributed by atoms with Crippen LogP contribution in [-0.2, 0) is 6.42 Å². The molecule has 0 amide bonds. The van der Waals surface area contributed by atoms with Crippen molar-refractivity contribution < 1.29 is 0 Å². The Labute approximate surface area is 187 Å². The Hall–Kier alpha value is -1.23. The Kier molecular flexibility index (Phi) is 5.77. The zero-order chi connectivity index (χ0) is 19.8. The molecule has 0 radical (unpaired) electrons. The fourth-order valence-electron chi connectivity index (χ4n) is 5.51. The van der Waals surface area contributed by atoms with Gasteiger partial charge in [-0.15, -0.1) is 5.70 Å². The molecule has 3 heterocycles. The Morgan fingerprint density at radius 1 is 1.03 bits per heavy atom. The van der Waals surface area contributed by atoms with Gasteiger partial charge >= 0.3 is 0 Å². The number of rotatable bonds is 2. The molecule has 5 rings (SSSR count). The molecule has 29 heavy (non-hydrogen) atoms. The summed E-state index contributed by atoms with van der Waals surface area (Å²) in [5.74, 6) is 1.78. The summed E-state index contributed by atoms with van der Waals surface area (Å²) in [7, 11) is 0. The highest BCUT2D eigenvalue weighted by atomic mass is 79.9. The van der Waals surface area contributed by atoms with Crippen LogP contribution in [0.25, 0.3) is 11.0 Å². The Bertz CT molecular complexity index is 874. The number of aryl methyl sites for hydroxylation is 1. The number of nitrogens with one attached hydrogen (secondary N) is 1. The molecule has 154 valence electrons. The molecule has 2 fully saturated rings. The molecule has 0 aromatic heterocycles. The molecular weight excluding hydrogens is 446 g/mol. The molecule has 3 aliphatic heterocycles. The fourth-order valence-corrected chi connectivity index (χ4v) is 6.09. The van der Waals surface area contributed by atoms with Gasteiger partial charge in [-0.3, -0.25) is 0 Å². The molecule has 0 spiro atoms. The number of fused-ring (bicyclic) bond motifs is 2. The SMILES string of the molecule is Clc1ccc2c(c1)CCC1=CC(Br)=C[N-]C1=C2N1CCC(C2CCNCC2)CC1. The summed E-state index contributed by atoms with van der Waals surface area (Å²) in [6, 6.07) is 6.40. The van der Waals surface area contributed by atoms with Crippen molar-refractivity contribution in [3.05, 3.63) is 67.7 Å². The van der Waals surface area contributed by atoms with Crippen LogP contribution in [0.3, 0.4) is 0 Å². The number of nitrogens with zero attached hydrogens (tertiary/aromatic N) is 2. The van der Waals surface area contributed by atoms with E-state index in [-0.39, 0.29) is 0 Å². The normalized spacial score (nSPS) is 23.6. The minimum atomic E-state index is 0.827. The summed E-state index contributed by atoms with van der Waals surface area (Å²) in [6.45, 7) is 4.65. The smallest absolute Gasteiger partial charge is 0.0409 e. The van der Waals surface area contributed by atoms with Gasteiger partial charge in [0.15, 0.2) is 0 Å². The summed E-state index contributed by atoms with van der Waals surface area (Å²) in [6.07, 6.45) is 11.5. The van der Waals surface area contributed by atoms with Crippen LogP contribution in [0.5, 0.6) is 0 Å². The Balaban J connectivity index is 1.46. The number of likely N-dealkylation sites (tertiary alicyclic amines) is 1. The van der Waals surface area contributed by atoms with E-state index in [4.69, 9.17) is 16.9 Å². The molecule has 1 aliphatic carbocycles. The summed E-state index contributed by atoms with van der Waals surface area (Å²) in [5, 5.41) is 9.24. The highest BCUT2D eigenvalue weighted by Crippen LogP contribution is 2.43. The minimum Gasteiger partial charge on any atom is -0.661 e. The van der Waals surface area contributed by atoms with Crippen LogP contribution in [0, 0.1) is 11.8 Å². The maximum absolute atomic E-state index is 6.35. The summed E-state index contributed by atoms with van der Waals surface area (Å²) in [4.78, 5) is 2.61. The first-order chi connectivity index (χ1) is 14.2. The fraction of sp³-hybridized carbons (Fsp3) is 0.500. The van der Waals surface area contributed by atoms with Crippen molar-refractivity contribution in [2.45, 2.75) is 38.5 Å². The van der Waals surface area contributed by atoms with Crippen molar-refractivity contribution in [1.29, 1.82) is 0 Å². The molecule has 0 saturated carbocycles. The number of benzene rings is 1. The average molecular weight is 474 g/mol. The first-order valence-corrected chi connectivity index (χ1v) is 12.1. The van der Waals surface area contributed by atoms with E-state index in [1.54, 1.807) is 0 Å². The minimum absolute atomic E-state index is 0.827. The Morgan fingerprint density at radius 3 is 2.59 bits per heavy atom. The van der Waals surface area contributed by atoms with E-state index in [1.165, 1.54) is 61.2 Å². The van der Waals surface area contributed by atoms with E-state index < -0.39 is 0 Å². The molecule has 1 aromatic carbocycles. The van der Waals surface area contributed by atoms with Crippen molar-refractivity contribution in [1.82, 2.24) is 10.2 Å². The number of piperidine rings is 2. The third kappa shape index (κ3) is 4.04. The standard InChI is InChI=1S/C24H28BrClN3/c25-20-13-19-2-1-18-14-21(26)3-4-22(18)24(23(19)28-15-20)29-11-7-17(8-12-29)16-5-9-27-10-6-16/h3-4,13-17,27H,1-2,5-12H2/q-1. The van der Waals surface area contributed by atoms with Crippen LogP contribution in [0.1, 0.15) is 43.2 Å². The second-order valence-corrected chi connectivity index (χ2v) is 10.1. The van der Waals surface area contributed by atoms with Gasteiger partial charge < -0.3 is 15.5 Å². The number of hydrogen-bond acceptors (Lipinski definition) is 2. The molecule has 3 nitrogen and oxygen atoms in total. The van der Waals surface area contributed by atoms with Crippen LogP contribution >= 0.6 is 27.5 Å². The zero-order valence-electron chi connectivity index (χ0n) is 16.8. The lowest BCUT2D eigenvalue weighted by molar-refractivity contribution is 0.166. The van der Waals surface area contributed by atoms with Gasteiger partial charge in [0.1, 0.15) is 0 Å². The second-order valence-electron chi connectivity index (χ2n) is 8.72. The van der Waals surface area contributed by atoms with Gasteiger partial charge in [-0.25, -0.2) is 0 Å². The van der Waals surface area contributed by atoms with Crippen molar-refractivity contribution in [3.63, 3.8) is 0 Å². The molecule has 2 saturated heterocycles. The predicted octanol–water partition coefficient (Wildman–Crippen LogP) is 6.22. The molecule has 1 N–H and O–H groups in total. The van der Waals surface area contributed by atoms with Gasteiger partial charge in [0.25, 0.3) is 0 Å². The van der Waals surface area contributed by atoms with Crippen molar-refractivity contribution >= 4 is 33.2 Å². The van der Waals surface area contributed by atoms with E-state index in [2.05, 4.69) is 44.4 Å². The number of allylic oxidation sites excluding steroid dienone is 3. The average Bonchev–Trinajstić information content (AvgIpc) is 2.91. The first-order valence-electron chi connectivity index (χ1n) is 11.0. The molecule has 4 aliphatic rings. The monoisotopic (exact) mass is 472 g/mol. The third-order valence-corrected chi connectivity index (χ3v) is 7.72. The topological polar surface area (TPSA) is 29.4 Å². The first kappa shape index (κ1) is 19.7. The number of halogens is 2. The number of hydrogen-bond donors (Lipinski definition) is 1. The van der Waals surface area contributed by atoms with Crippen LogP contribution in [-0.4, -0.2) is 31.1 Å². The molecule has 1 aromatic rings. The van der Waals surface area contributed by atoms with Crippen LogP contribution in [0.2, 0.25) is 5.02 Å². The molecule has 5 heteroatoms. The maximum Gasteiger partial charge on any atom is 0.0409 e. The van der Waals surface area contributed by atoms with Crippen LogP contribution < -0.4 is 5.32 Å². The van der Waals surface area contributed by atoms with Crippen molar-refractivity contribution in [2.75, 3.05) is 26.2 Å². The lowest BCUT2D eigenvalue weighted by Crippen LogP contribution is -2.39. The quantitative estimate of drug-likeness (QED) is 0.553. The Morgan fingerprint density at radius 2 is 1.79 bits per heavy atom. The zero-order valence-corrected chi connectivity index (χ0v) is 19.1. The van der Waals surface area contributed by atoms with Gasteiger partial charge in [-0.1, -0.05) is 39.2 Å². The highest BCUT2D eigenvalue weighted by molar-refractivity contribution is 9.11. The predicted molar refractivity (Wildman–Crippen MR) is 125 cm³/mol. The second kappa shape index (κ2) is 8.49. The van der Waals surface area contributed by atoms with Crippen LogP contribution in [0.4, 0.5) is 0 Å². The largest absolute Gasteiger partial charge is 0.661 e. The van der Waals surface area contributed by atoms with Gasteiger partial charge in [0, 0.05) is 23.8 Å². The highest BCUT2D eigenvalue weighted by Gasteiger charge is 2.30. The van der Waals surface area contributed by atoms with Gasteiger partial charge in [-0.05, 0) is 97.3 Å². The van der Waals surface area contributed by atoms with E-state index in [0.29, 0.717) is 0 Å². The van der Waals surface area contributed by atoms with Crippen LogP contribution in [0.15, 0.2) is 46.2 Å². The molecular formula is C24H28BrClN3-. The summed E-state index contributed by atoms with van der Waals surface area (Å²) >= 11 is 9.97. The third-order valence-electron chi connectivity index (χ3n) is 7.05. The molecule has 0 bridgehead atoms. The van der Waals surface area contributed by atoms with Gasteiger partial charge in [-0.2, -0.15) is 6.20 Å². The summed E-state index contributed by atoms with van der Waals surface area (Å²) < 4.78 is 1.06. The van der Waals surface area contributed by atoms with E-state index in [0.717, 1.165) is 53.0 Å². The van der Waals surface area contributed by atoms with Gasteiger partial charge in [0.2, 0.25) is 0 Å². The van der Waals surface area contributed by atoms with E-state index in [1.807, 2.05) is 12.3 Å². The van der Waals surface area contributed by atoms with Gasteiger partial charge in [0.05, 0.1) is 0 Å². The van der Waals surface area contributed by atoms with E-state index >= 15 is 0 Å². The lowest BCUT2D eigenvalue weighted by Gasteiger charge is -2.43.